The van der Waals surface area contributed by atoms with Crippen LogP contribution in [0.4, 0.5) is 10.1 Å². The number of ether oxygens (including phenoxy) is 2. The van der Waals surface area contributed by atoms with Crippen molar-refractivity contribution in [3.63, 3.8) is 0 Å². The molecule has 0 saturated heterocycles. The van der Waals surface area contributed by atoms with Crippen molar-refractivity contribution >= 4 is 39.7 Å². The van der Waals surface area contributed by atoms with Gasteiger partial charge in [-0.05, 0) is 61.4 Å². The number of allylic oxidation sites excluding steroid dienone is 1. The first-order valence-electron chi connectivity index (χ1n) is 10.5. The van der Waals surface area contributed by atoms with Crippen molar-refractivity contribution in [2.45, 2.75) is 13.8 Å². The number of anilines is 1. The SMILES string of the molecule is COc1cccc(-c2coc3c(C)c(OC)c(/C(C)=C/C(=O)Nc4ccc(Cl)cc4F)cc23)c1. The molecule has 4 aromatic rings. The predicted octanol–water partition coefficient (Wildman–Crippen LogP) is 7.26. The number of nitrogens with one attached hydrogen (secondary N) is 1. The minimum atomic E-state index is -0.608. The van der Waals surface area contributed by atoms with Crippen molar-refractivity contribution in [3.05, 3.63) is 82.8 Å². The molecule has 1 heterocycles. The molecule has 0 atom stereocenters. The van der Waals surface area contributed by atoms with Crippen LogP contribution in [0.1, 0.15) is 18.1 Å². The lowest BCUT2D eigenvalue weighted by atomic mass is 9.96. The first kappa shape index (κ1) is 23.4. The van der Waals surface area contributed by atoms with E-state index >= 15 is 0 Å². The number of halogens is 2. The number of methoxy groups -OCH3 is 2. The summed E-state index contributed by atoms with van der Waals surface area (Å²) in [5.74, 6) is 0.250. The quantitative estimate of drug-likeness (QED) is 0.296. The molecule has 0 radical (unpaired) electrons. The van der Waals surface area contributed by atoms with Crippen molar-refractivity contribution < 1.29 is 23.1 Å². The van der Waals surface area contributed by atoms with Crippen molar-refractivity contribution in [3.8, 4) is 22.6 Å². The van der Waals surface area contributed by atoms with E-state index in [4.69, 9.17) is 25.5 Å². The average molecular weight is 480 g/mol. The largest absolute Gasteiger partial charge is 0.497 e. The van der Waals surface area contributed by atoms with E-state index in [0.29, 0.717) is 16.9 Å². The molecule has 174 valence electrons. The number of hydrogen-bond donors (Lipinski definition) is 1. The fraction of sp³-hybridized carbons (Fsp3) is 0.148. The zero-order chi connectivity index (χ0) is 24.4. The summed E-state index contributed by atoms with van der Waals surface area (Å²) in [4.78, 5) is 12.6. The van der Waals surface area contributed by atoms with Gasteiger partial charge in [0.15, 0.2) is 0 Å². The van der Waals surface area contributed by atoms with Crippen LogP contribution in [0.15, 0.2) is 65.3 Å². The van der Waals surface area contributed by atoms with E-state index in [1.54, 1.807) is 27.4 Å². The lowest BCUT2D eigenvalue weighted by Gasteiger charge is -2.13. The summed E-state index contributed by atoms with van der Waals surface area (Å²) in [6, 6.07) is 13.7. The molecule has 7 heteroatoms. The Balaban J connectivity index is 1.76. The van der Waals surface area contributed by atoms with Crippen LogP contribution in [0.5, 0.6) is 11.5 Å². The zero-order valence-electron chi connectivity index (χ0n) is 19.2. The highest BCUT2D eigenvalue weighted by Crippen LogP contribution is 2.41. The lowest BCUT2D eigenvalue weighted by Crippen LogP contribution is -2.10. The van der Waals surface area contributed by atoms with Crippen LogP contribution in [0.3, 0.4) is 0 Å². The van der Waals surface area contributed by atoms with E-state index in [2.05, 4.69) is 5.32 Å². The Bertz CT molecular complexity index is 1420. The third-order valence-corrected chi connectivity index (χ3v) is 5.83. The number of hydrogen-bond acceptors (Lipinski definition) is 4. The van der Waals surface area contributed by atoms with Crippen molar-refractivity contribution in [2.24, 2.45) is 0 Å². The van der Waals surface area contributed by atoms with Gasteiger partial charge >= 0.3 is 0 Å². The van der Waals surface area contributed by atoms with E-state index in [1.807, 2.05) is 37.3 Å². The Morgan fingerprint density at radius 3 is 2.62 bits per heavy atom. The molecule has 0 saturated carbocycles. The summed E-state index contributed by atoms with van der Waals surface area (Å²) in [5.41, 5.74) is 4.75. The summed E-state index contributed by atoms with van der Waals surface area (Å²) in [6.45, 7) is 3.70. The summed E-state index contributed by atoms with van der Waals surface area (Å²) in [6.07, 6.45) is 3.10. The van der Waals surface area contributed by atoms with Crippen LogP contribution < -0.4 is 14.8 Å². The molecule has 0 aliphatic carbocycles. The van der Waals surface area contributed by atoms with Gasteiger partial charge < -0.3 is 19.2 Å². The molecule has 1 aromatic heterocycles. The van der Waals surface area contributed by atoms with Crippen LogP contribution in [0, 0.1) is 12.7 Å². The van der Waals surface area contributed by atoms with E-state index in [1.165, 1.54) is 18.2 Å². The second kappa shape index (κ2) is 9.61. The zero-order valence-corrected chi connectivity index (χ0v) is 19.9. The monoisotopic (exact) mass is 479 g/mol. The van der Waals surface area contributed by atoms with Gasteiger partial charge in [-0.25, -0.2) is 4.39 Å². The Kier molecular flexibility index (Phi) is 6.61. The lowest BCUT2D eigenvalue weighted by molar-refractivity contribution is -0.111. The number of fused-ring (bicyclic) bond motifs is 1. The second-order valence-electron chi connectivity index (χ2n) is 7.78. The summed E-state index contributed by atoms with van der Waals surface area (Å²) < 4.78 is 31.0. The molecule has 0 aliphatic heterocycles. The molecule has 0 fully saturated rings. The van der Waals surface area contributed by atoms with Gasteiger partial charge in [-0.3, -0.25) is 4.79 Å². The first-order chi connectivity index (χ1) is 16.3. The maximum atomic E-state index is 14.1. The fourth-order valence-corrected chi connectivity index (χ4v) is 4.08. The molecule has 0 unspecified atom stereocenters. The average Bonchev–Trinajstić information content (AvgIpc) is 3.25. The first-order valence-corrected chi connectivity index (χ1v) is 10.9. The highest BCUT2D eigenvalue weighted by atomic mass is 35.5. The third-order valence-electron chi connectivity index (χ3n) is 5.59. The molecule has 5 nitrogen and oxygen atoms in total. The van der Waals surface area contributed by atoms with E-state index in [-0.39, 0.29) is 10.7 Å². The number of furan rings is 1. The van der Waals surface area contributed by atoms with Gasteiger partial charge in [0.25, 0.3) is 0 Å². The summed E-state index contributed by atoms with van der Waals surface area (Å²) >= 11 is 5.79. The Morgan fingerprint density at radius 1 is 1.12 bits per heavy atom. The van der Waals surface area contributed by atoms with Gasteiger partial charge in [0.2, 0.25) is 5.91 Å². The molecule has 0 aliphatic rings. The second-order valence-corrected chi connectivity index (χ2v) is 8.22. The standard InChI is InChI=1S/C27H23ClFNO4/c1-15(10-25(31)30-24-9-8-18(28)12-23(24)29)20-13-21-22(17-6-5-7-19(11-17)32-3)14-34-27(21)16(2)26(20)33-4/h5-14H,1-4H3,(H,30,31)/b15-10+. The van der Waals surface area contributed by atoms with Crippen molar-refractivity contribution in [2.75, 3.05) is 19.5 Å². The molecule has 34 heavy (non-hydrogen) atoms. The number of rotatable bonds is 6. The molecular weight excluding hydrogens is 457 g/mol. The molecule has 1 N–H and O–H groups in total. The van der Waals surface area contributed by atoms with Crippen LogP contribution in [-0.4, -0.2) is 20.1 Å². The Morgan fingerprint density at radius 2 is 1.91 bits per heavy atom. The van der Waals surface area contributed by atoms with Crippen molar-refractivity contribution in [1.29, 1.82) is 0 Å². The van der Waals surface area contributed by atoms with Crippen molar-refractivity contribution in [1.82, 2.24) is 0 Å². The highest BCUT2D eigenvalue weighted by molar-refractivity contribution is 6.30. The predicted molar refractivity (Wildman–Crippen MR) is 133 cm³/mol. The number of amides is 1. The van der Waals surface area contributed by atoms with E-state index < -0.39 is 11.7 Å². The summed E-state index contributed by atoms with van der Waals surface area (Å²) in [7, 11) is 3.19. The number of benzene rings is 3. The maximum absolute atomic E-state index is 14.1. The number of carbonyl (C=O) groups excluding carboxylic acids is 1. The summed E-state index contributed by atoms with van der Waals surface area (Å²) in [5, 5.41) is 3.68. The smallest absolute Gasteiger partial charge is 0.248 e. The van der Waals surface area contributed by atoms with Gasteiger partial charge in [-0.15, -0.1) is 0 Å². The van der Waals surface area contributed by atoms with E-state index in [0.717, 1.165) is 39.5 Å². The van der Waals surface area contributed by atoms with Crippen LogP contribution in [0.25, 0.3) is 27.7 Å². The van der Waals surface area contributed by atoms with Gasteiger partial charge in [0.1, 0.15) is 22.9 Å². The molecular formula is C27H23ClFNO4. The van der Waals surface area contributed by atoms with Gasteiger partial charge in [0, 0.05) is 33.2 Å². The molecule has 1 amide bonds. The van der Waals surface area contributed by atoms with Crippen LogP contribution >= 0.6 is 11.6 Å². The Hall–Kier alpha value is -3.77. The third kappa shape index (κ3) is 4.50. The topological polar surface area (TPSA) is 60.7 Å². The highest BCUT2D eigenvalue weighted by Gasteiger charge is 2.19. The fourth-order valence-electron chi connectivity index (χ4n) is 3.92. The Labute approximate surface area is 201 Å². The number of carbonyl (C=O) groups is 1. The van der Waals surface area contributed by atoms with Gasteiger partial charge in [-0.1, -0.05) is 23.7 Å². The maximum Gasteiger partial charge on any atom is 0.248 e. The normalized spacial score (nSPS) is 11.5. The minimum Gasteiger partial charge on any atom is -0.497 e. The van der Waals surface area contributed by atoms with Gasteiger partial charge in [-0.2, -0.15) is 0 Å². The molecule has 0 bridgehead atoms. The van der Waals surface area contributed by atoms with Crippen LogP contribution in [0.2, 0.25) is 5.02 Å². The van der Waals surface area contributed by atoms with E-state index in [9.17, 15) is 9.18 Å². The minimum absolute atomic E-state index is 0.0483. The molecule has 4 rings (SSSR count). The molecule has 0 spiro atoms. The number of aryl methyl sites for hydroxylation is 1. The van der Waals surface area contributed by atoms with Gasteiger partial charge in [0.05, 0.1) is 26.2 Å². The molecule has 3 aromatic carbocycles. The van der Waals surface area contributed by atoms with Crippen LogP contribution in [-0.2, 0) is 4.79 Å².